The molecule has 11 heteroatoms. The third kappa shape index (κ3) is 4.72. The fourth-order valence-corrected chi connectivity index (χ4v) is 3.23. The van der Waals surface area contributed by atoms with Crippen molar-refractivity contribution in [3.63, 3.8) is 0 Å². The van der Waals surface area contributed by atoms with Crippen LogP contribution in [0, 0.1) is 6.92 Å². The van der Waals surface area contributed by atoms with Gasteiger partial charge in [0.15, 0.2) is 0 Å². The smallest absolute Gasteiger partial charge is 0.252 e. The Bertz CT molecular complexity index is 1220. The normalized spacial score (nSPS) is 11.8. The second kappa shape index (κ2) is 8.84. The van der Waals surface area contributed by atoms with E-state index in [2.05, 4.69) is 30.5 Å². The van der Waals surface area contributed by atoms with Crippen molar-refractivity contribution in [1.82, 2.24) is 34.5 Å². The van der Waals surface area contributed by atoms with E-state index >= 15 is 0 Å². The Kier molecular flexibility index (Phi) is 5.79. The molecule has 4 aromatic rings. The minimum atomic E-state index is -0.567. The molecule has 0 spiro atoms. The average Bonchev–Trinajstić information content (AvgIpc) is 3.37. The molecule has 1 unspecified atom stereocenters. The van der Waals surface area contributed by atoms with Gasteiger partial charge in [-0.3, -0.25) is 9.48 Å². The van der Waals surface area contributed by atoms with Crippen LogP contribution in [0.4, 0.5) is 11.6 Å². The van der Waals surface area contributed by atoms with Gasteiger partial charge in [0.25, 0.3) is 5.91 Å². The number of benzene rings is 1. The summed E-state index contributed by atoms with van der Waals surface area (Å²) in [5.74, 6) is 0.273. The number of nitrogens with one attached hydrogen (secondary N) is 1. The van der Waals surface area contributed by atoms with Crippen molar-refractivity contribution >= 4 is 17.5 Å². The van der Waals surface area contributed by atoms with Crippen LogP contribution in [0.3, 0.4) is 0 Å². The number of nitrogens with two attached hydrogens (primary N) is 1. The molecule has 0 aliphatic rings. The van der Waals surface area contributed by atoms with E-state index < -0.39 is 5.91 Å². The zero-order valence-corrected chi connectivity index (χ0v) is 17.9. The average molecular weight is 433 g/mol. The summed E-state index contributed by atoms with van der Waals surface area (Å²) >= 11 is 0. The van der Waals surface area contributed by atoms with Crippen LogP contribution in [0.1, 0.15) is 23.0 Å². The SMILES string of the molecule is Cc1nn(C)cc1Nc1ncc(-c2ccc(C(N)=O)c(OC(C)Cn3cncn3)c2)cn1. The maximum atomic E-state index is 11.9. The predicted octanol–water partition coefficient (Wildman–Crippen LogP) is 2.09. The number of anilines is 2. The number of aryl methyl sites for hydroxylation is 2. The highest BCUT2D eigenvalue weighted by molar-refractivity contribution is 5.96. The molecule has 3 aromatic heterocycles. The predicted molar refractivity (Wildman–Crippen MR) is 117 cm³/mol. The highest BCUT2D eigenvalue weighted by Gasteiger charge is 2.15. The summed E-state index contributed by atoms with van der Waals surface area (Å²) in [6.07, 6.45) is 8.04. The molecule has 0 saturated carbocycles. The van der Waals surface area contributed by atoms with Gasteiger partial charge in [-0.1, -0.05) is 6.07 Å². The molecule has 32 heavy (non-hydrogen) atoms. The summed E-state index contributed by atoms with van der Waals surface area (Å²) in [5.41, 5.74) is 9.08. The van der Waals surface area contributed by atoms with E-state index in [4.69, 9.17) is 10.5 Å². The largest absolute Gasteiger partial charge is 0.488 e. The summed E-state index contributed by atoms with van der Waals surface area (Å²) in [6.45, 7) is 4.26. The Morgan fingerprint density at radius 3 is 2.66 bits per heavy atom. The van der Waals surface area contributed by atoms with Crippen molar-refractivity contribution in [2.75, 3.05) is 5.32 Å². The topological polar surface area (TPSA) is 139 Å². The minimum absolute atomic E-state index is 0.268. The van der Waals surface area contributed by atoms with Crippen molar-refractivity contribution in [2.24, 2.45) is 12.8 Å². The van der Waals surface area contributed by atoms with Crippen molar-refractivity contribution in [3.05, 3.63) is 60.7 Å². The number of carbonyl (C=O) groups is 1. The first-order valence-corrected chi connectivity index (χ1v) is 9.91. The van der Waals surface area contributed by atoms with Crippen molar-refractivity contribution in [3.8, 4) is 16.9 Å². The number of primary amides is 1. The van der Waals surface area contributed by atoms with Crippen molar-refractivity contribution < 1.29 is 9.53 Å². The molecule has 164 valence electrons. The third-order valence-electron chi connectivity index (χ3n) is 4.73. The van der Waals surface area contributed by atoms with E-state index in [1.165, 1.54) is 6.33 Å². The lowest BCUT2D eigenvalue weighted by Crippen LogP contribution is -2.22. The van der Waals surface area contributed by atoms with Crippen LogP contribution in [0.2, 0.25) is 0 Å². The number of ether oxygens (including phenoxy) is 1. The Labute approximate surface area is 184 Å². The van der Waals surface area contributed by atoms with E-state index in [0.717, 1.165) is 22.5 Å². The van der Waals surface area contributed by atoms with Gasteiger partial charge in [-0.15, -0.1) is 0 Å². The molecule has 1 amide bonds. The lowest BCUT2D eigenvalue weighted by atomic mass is 10.1. The standard InChI is InChI=1S/C21H23N9O2/c1-13(9-30-12-23-11-26-30)32-19-6-15(4-5-17(19)20(22)31)16-7-24-21(25-8-16)27-18-10-29(3)28-14(18)2/h4-8,10-13H,9H2,1-3H3,(H2,22,31)(H,24,25,27). The van der Waals surface area contributed by atoms with E-state index in [0.29, 0.717) is 23.8 Å². The summed E-state index contributed by atoms with van der Waals surface area (Å²) in [4.78, 5) is 24.6. The van der Waals surface area contributed by atoms with Crippen molar-refractivity contribution in [2.45, 2.75) is 26.5 Å². The van der Waals surface area contributed by atoms with Gasteiger partial charge in [0.05, 0.1) is 23.5 Å². The van der Waals surface area contributed by atoms with Crippen LogP contribution in [0.5, 0.6) is 5.75 Å². The van der Waals surface area contributed by atoms with Crippen LogP contribution >= 0.6 is 0 Å². The lowest BCUT2D eigenvalue weighted by Gasteiger charge is -2.17. The van der Waals surface area contributed by atoms with E-state index in [9.17, 15) is 4.79 Å². The van der Waals surface area contributed by atoms with E-state index in [1.54, 1.807) is 46.3 Å². The number of carbonyl (C=O) groups excluding carboxylic acids is 1. The quantitative estimate of drug-likeness (QED) is 0.431. The molecule has 0 aliphatic heterocycles. The first kappa shape index (κ1) is 21.0. The highest BCUT2D eigenvalue weighted by atomic mass is 16.5. The summed E-state index contributed by atoms with van der Waals surface area (Å²) < 4.78 is 9.38. The fourth-order valence-electron chi connectivity index (χ4n) is 3.23. The first-order chi connectivity index (χ1) is 15.4. The molecule has 3 heterocycles. The molecule has 4 rings (SSSR count). The zero-order valence-electron chi connectivity index (χ0n) is 17.9. The van der Waals surface area contributed by atoms with E-state index in [1.807, 2.05) is 27.1 Å². The van der Waals surface area contributed by atoms with Gasteiger partial charge in [0.1, 0.15) is 24.5 Å². The lowest BCUT2D eigenvalue weighted by molar-refractivity contribution is 0.0992. The monoisotopic (exact) mass is 433 g/mol. The van der Waals surface area contributed by atoms with Gasteiger partial charge in [-0.25, -0.2) is 19.6 Å². The number of rotatable bonds is 8. The van der Waals surface area contributed by atoms with Gasteiger partial charge in [-0.2, -0.15) is 10.2 Å². The fraction of sp³-hybridized carbons (Fsp3) is 0.238. The van der Waals surface area contributed by atoms with Gasteiger partial charge in [0.2, 0.25) is 5.95 Å². The molecule has 1 atom stereocenters. The van der Waals surface area contributed by atoms with Crippen LogP contribution in [0.15, 0.2) is 49.4 Å². The Morgan fingerprint density at radius 2 is 2.03 bits per heavy atom. The maximum absolute atomic E-state index is 11.9. The van der Waals surface area contributed by atoms with Gasteiger partial charge >= 0.3 is 0 Å². The number of nitrogens with zero attached hydrogens (tertiary/aromatic N) is 7. The zero-order chi connectivity index (χ0) is 22.7. The molecule has 0 saturated heterocycles. The second-order valence-corrected chi connectivity index (χ2v) is 7.34. The number of hydrogen-bond acceptors (Lipinski definition) is 8. The second-order valence-electron chi connectivity index (χ2n) is 7.34. The van der Waals surface area contributed by atoms with Gasteiger partial charge in [0, 0.05) is 31.2 Å². The summed E-state index contributed by atoms with van der Waals surface area (Å²) in [7, 11) is 1.85. The number of hydrogen-bond donors (Lipinski definition) is 2. The number of amides is 1. The molecule has 0 radical (unpaired) electrons. The molecule has 3 N–H and O–H groups in total. The Hall–Kier alpha value is -4.28. The molecular weight excluding hydrogens is 410 g/mol. The van der Waals surface area contributed by atoms with Crippen LogP contribution < -0.4 is 15.8 Å². The molecule has 0 fully saturated rings. The van der Waals surface area contributed by atoms with Gasteiger partial charge < -0.3 is 15.8 Å². The molecule has 1 aromatic carbocycles. The number of aromatic nitrogens is 7. The maximum Gasteiger partial charge on any atom is 0.252 e. The molecule has 11 nitrogen and oxygen atoms in total. The Morgan fingerprint density at radius 1 is 1.25 bits per heavy atom. The third-order valence-corrected chi connectivity index (χ3v) is 4.73. The molecular formula is C21H23N9O2. The van der Waals surface area contributed by atoms with Crippen LogP contribution in [-0.4, -0.2) is 46.5 Å². The van der Waals surface area contributed by atoms with Crippen molar-refractivity contribution in [1.29, 1.82) is 0 Å². The van der Waals surface area contributed by atoms with E-state index in [-0.39, 0.29) is 6.10 Å². The molecule has 0 aliphatic carbocycles. The summed E-state index contributed by atoms with van der Waals surface area (Å²) in [5, 5.41) is 11.5. The summed E-state index contributed by atoms with van der Waals surface area (Å²) in [6, 6.07) is 5.18. The van der Waals surface area contributed by atoms with Crippen LogP contribution in [0.25, 0.3) is 11.1 Å². The van der Waals surface area contributed by atoms with Crippen LogP contribution in [-0.2, 0) is 13.6 Å². The first-order valence-electron chi connectivity index (χ1n) is 9.91. The van der Waals surface area contributed by atoms with Gasteiger partial charge in [-0.05, 0) is 31.5 Å². The highest BCUT2D eigenvalue weighted by Crippen LogP contribution is 2.28. The Balaban J connectivity index is 1.54. The minimum Gasteiger partial charge on any atom is -0.488 e. The molecule has 0 bridgehead atoms.